The van der Waals surface area contributed by atoms with E-state index in [4.69, 9.17) is 5.79 Å². The summed E-state index contributed by atoms with van der Waals surface area (Å²) in [6.07, 6.45) is 3.89. The van der Waals surface area contributed by atoms with Gasteiger partial charge in [0.05, 0.1) is 10.9 Å². The molecule has 0 unspecified atom stereocenters. The predicted molar refractivity (Wildman–Crippen MR) is 114 cm³/mol. The van der Waals surface area contributed by atoms with Gasteiger partial charge in [-0.2, -0.15) is 0 Å². The number of hydrogen-bond acceptors (Lipinski definition) is 2. The highest BCUT2D eigenvalue weighted by atomic mass is 16.3. The normalized spacial score (nSPS) is 12.8. The summed E-state index contributed by atoms with van der Waals surface area (Å²) in [5.41, 5.74) is 5.70. The maximum absolute atomic E-state index is 8.45. The Labute approximate surface area is 165 Å². The molecule has 2 aromatic carbocycles. The van der Waals surface area contributed by atoms with Crippen LogP contribution in [0.25, 0.3) is 44.1 Å². The van der Waals surface area contributed by atoms with Gasteiger partial charge in [-0.05, 0) is 29.3 Å². The molecule has 0 saturated heterocycles. The van der Waals surface area contributed by atoms with Gasteiger partial charge in [0.25, 0.3) is 0 Å². The minimum Gasteiger partial charge on any atom is -0.437 e. The number of rotatable bonds is 2. The van der Waals surface area contributed by atoms with Crippen molar-refractivity contribution < 1.29 is 10.4 Å². The van der Waals surface area contributed by atoms with Crippen molar-refractivity contribution in [1.29, 1.82) is 0 Å². The molecule has 5 aromatic rings. The Morgan fingerprint density at radius 3 is 2.71 bits per heavy atom. The molecule has 0 atom stereocenters. The van der Waals surface area contributed by atoms with Gasteiger partial charge in [0.1, 0.15) is 7.05 Å². The Morgan fingerprint density at radius 1 is 1.07 bits per heavy atom. The Morgan fingerprint density at radius 2 is 1.89 bits per heavy atom. The number of nitrogens with zero attached hydrogens (tertiary/aromatic N) is 2. The molecule has 3 nitrogen and oxygen atoms in total. The first-order valence-corrected chi connectivity index (χ1v) is 9.55. The lowest BCUT2D eigenvalue weighted by Gasteiger charge is -2.09. The smallest absolute Gasteiger partial charge is 0.227 e. The van der Waals surface area contributed by atoms with Crippen molar-refractivity contribution in [1.82, 2.24) is 4.98 Å². The standard InChI is InChI=1S/C25H23N2O/c1-15(2)17-11-12-27(4)21(13-17)22-16(3)9-10-20-23-19-8-6-5-7-18(19)14-26-25(23)28-24(20)22/h5-15H,1-4H3/q+1/i15D. The molecular formula is C25H23N2O+. The number of furan rings is 1. The van der Waals surface area contributed by atoms with Crippen LogP contribution in [0.15, 0.2) is 65.3 Å². The lowest BCUT2D eigenvalue weighted by atomic mass is 9.96. The fourth-order valence-corrected chi connectivity index (χ4v) is 4.01. The van der Waals surface area contributed by atoms with Crippen LogP contribution >= 0.6 is 0 Å². The Kier molecular flexibility index (Phi) is 3.48. The van der Waals surface area contributed by atoms with Crippen LogP contribution in [0.2, 0.25) is 0 Å². The van der Waals surface area contributed by atoms with E-state index in [9.17, 15) is 0 Å². The SMILES string of the molecule is [2H]C(C)(C)c1cc[n+](C)c(-c2c(C)ccc3c2oc2ncc4ccccc4c23)c1. The van der Waals surface area contributed by atoms with E-state index in [-0.39, 0.29) is 0 Å². The molecule has 5 rings (SSSR count). The second-order valence-corrected chi connectivity index (χ2v) is 7.67. The summed E-state index contributed by atoms with van der Waals surface area (Å²) in [5, 5.41) is 4.38. The first kappa shape index (κ1) is 15.8. The molecule has 3 aromatic heterocycles. The topological polar surface area (TPSA) is 29.9 Å². The number of aromatic nitrogens is 2. The highest BCUT2D eigenvalue weighted by Crippen LogP contribution is 2.39. The summed E-state index contributed by atoms with van der Waals surface area (Å²) >= 11 is 0. The van der Waals surface area contributed by atoms with Crippen molar-refractivity contribution in [3.8, 4) is 11.3 Å². The van der Waals surface area contributed by atoms with Crippen molar-refractivity contribution in [3.05, 3.63) is 72.1 Å². The number of benzene rings is 2. The van der Waals surface area contributed by atoms with Gasteiger partial charge < -0.3 is 4.42 Å². The Hall–Kier alpha value is -3.20. The molecule has 0 fully saturated rings. The fourth-order valence-electron chi connectivity index (χ4n) is 4.01. The fraction of sp³-hybridized carbons (Fsp3) is 0.200. The highest BCUT2D eigenvalue weighted by Gasteiger charge is 2.22. The second kappa shape index (κ2) is 6.16. The quantitative estimate of drug-likeness (QED) is 0.355. The van der Waals surface area contributed by atoms with Crippen molar-refractivity contribution in [2.24, 2.45) is 7.05 Å². The van der Waals surface area contributed by atoms with Crippen LogP contribution in [-0.4, -0.2) is 4.98 Å². The molecule has 28 heavy (non-hydrogen) atoms. The first-order chi connectivity index (χ1) is 13.8. The summed E-state index contributed by atoms with van der Waals surface area (Å²) in [6.45, 7) is 5.93. The molecule has 0 spiro atoms. The molecule has 0 amide bonds. The molecule has 0 radical (unpaired) electrons. The van der Waals surface area contributed by atoms with E-state index < -0.39 is 5.89 Å². The lowest BCUT2D eigenvalue weighted by molar-refractivity contribution is -0.660. The van der Waals surface area contributed by atoms with Crippen LogP contribution in [0.5, 0.6) is 0 Å². The Bertz CT molecular complexity index is 1410. The van der Waals surface area contributed by atoms with Crippen molar-refractivity contribution in [3.63, 3.8) is 0 Å². The minimum atomic E-state index is -0.670. The third kappa shape index (κ3) is 2.43. The maximum atomic E-state index is 8.45. The molecule has 138 valence electrons. The van der Waals surface area contributed by atoms with Crippen molar-refractivity contribution >= 4 is 32.8 Å². The van der Waals surface area contributed by atoms with Gasteiger partial charge >= 0.3 is 0 Å². The summed E-state index contributed by atoms with van der Waals surface area (Å²) in [5.74, 6) is -0.670. The molecule has 0 aliphatic carbocycles. The van der Waals surface area contributed by atoms with Gasteiger partial charge in [-0.15, -0.1) is 0 Å². The van der Waals surface area contributed by atoms with Crippen molar-refractivity contribution in [2.45, 2.75) is 26.7 Å². The zero-order valence-corrected chi connectivity index (χ0v) is 16.6. The van der Waals surface area contributed by atoms with Gasteiger partial charge in [-0.3, -0.25) is 0 Å². The summed E-state index contributed by atoms with van der Waals surface area (Å²) < 4.78 is 16.9. The van der Waals surface area contributed by atoms with E-state index in [1.165, 1.54) is 0 Å². The Balaban J connectivity index is 1.91. The van der Waals surface area contributed by atoms with Crippen LogP contribution in [-0.2, 0) is 7.05 Å². The molecular weight excluding hydrogens is 344 g/mol. The van der Waals surface area contributed by atoms with E-state index in [0.29, 0.717) is 5.71 Å². The highest BCUT2D eigenvalue weighted by molar-refractivity contribution is 6.19. The van der Waals surface area contributed by atoms with Crippen LogP contribution in [0.3, 0.4) is 0 Å². The minimum absolute atomic E-state index is 0.658. The van der Waals surface area contributed by atoms with Gasteiger partial charge in [-0.25, -0.2) is 9.55 Å². The predicted octanol–water partition coefficient (Wildman–Crippen LogP) is 6.06. The summed E-state index contributed by atoms with van der Waals surface area (Å²) in [4.78, 5) is 4.59. The van der Waals surface area contributed by atoms with Crippen LogP contribution < -0.4 is 4.57 Å². The van der Waals surface area contributed by atoms with Gasteiger partial charge in [0.15, 0.2) is 11.8 Å². The van der Waals surface area contributed by atoms with Crippen LogP contribution in [0.1, 0.15) is 32.2 Å². The number of aryl methyl sites for hydroxylation is 2. The third-order valence-electron chi connectivity index (χ3n) is 5.58. The molecule has 0 aliphatic rings. The molecule has 0 N–H and O–H groups in total. The first-order valence-electron chi connectivity index (χ1n) is 10.0. The maximum Gasteiger partial charge on any atom is 0.227 e. The zero-order valence-electron chi connectivity index (χ0n) is 17.6. The zero-order chi connectivity index (χ0) is 20.3. The van der Waals surface area contributed by atoms with Crippen LogP contribution in [0, 0.1) is 6.92 Å². The summed E-state index contributed by atoms with van der Waals surface area (Å²) in [7, 11) is 2.03. The molecule has 3 heteroatoms. The molecule has 0 bridgehead atoms. The van der Waals surface area contributed by atoms with E-state index in [2.05, 4.69) is 52.9 Å². The van der Waals surface area contributed by atoms with E-state index >= 15 is 0 Å². The second-order valence-electron chi connectivity index (χ2n) is 7.67. The number of pyridine rings is 2. The van der Waals surface area contributed by atoms with E-state index in [0.717, 1.165) is 49.5 Å². The average molecular weight is 368 g/mol. The lowest BCUT2D eigenvalue weighted by Crippen LogP contribution is -2.31. The van der Waals surface area contributed by atoms with E-state index in [1.54, 1.807) is 0 Å². The third-order valence-corrected chi connectivity index (χ3v) is 5.58. The average Bonchev–Trinajstić information content (AvgIpc) is 3.07. The molecule has 0 saturated carbocycles. The monoisotopic (exact) mass is 368 g/mol. The van der Waals surface area contributed by atoms with Gasteiger partial charge in [-0.1, -0.05) is 50.2 Å². The number of hydrogen-bond donors (Lipinski definition) is 0. The van der Waals surface area contributed by atoms with Gasteiger partial charge in [0, 0.05) is 30.5 Å². The van der Waals surface area contributed by atoms with Crippen LogP contribution in [0.4, 0.5) is 0 Å². The van der Waals surface area contributed by atoms with Crippen molar-refractivity contribution in [2.75, 3.05) is 0 Å². The molecule has 3 heterocycles. The summed E-state index contributed by atoms with van der Waals surface area (Å²) in [6, 6.07) is 16.7. The molecule has 0 aliphatic heterocycles. The number of fused-ring (bicyclic) bond motifs is 5. The van der Waals surface area contributed by atoms with E-state index in [1.807, 2.05) is 45.4 Å². The largest absolute Gasteiger partial charge is 0.437 e. The van der Waals surface area contributed by atoms with Gasteiger partial charge in [0.2, 0.25) is 11.4 Å².